The number of rotatable bonds is 4. The highest BCUT2D eigenvalue weighted by molar-refractivity contribution is 6.29. The number of allylic oxidation sites excluding steroid dienone is 1. The van der Waals surface area contributed by atoms with Gasteiger partial charge in [0.2, 0.25) is 5.91 Å². The van der Waals surface area contributed by atoms with Crippen LogP contribution in [0.25, 0.3) is 0 Å². The zero-order valence-electron chi connectivity index (χ0n) is 14.8. The monoisotopic (exact) mass is 367 g/mol. The molecule has 1 aliphatic heterocycles. The van der Waals surface area contributed by atoms with Gasteiger partial charge in [-0.05, 0) is 49.7 Å². The third-order valence-electron chi connectivity index (χ3n) is 4.27. The van der Waals surface area contributed by atoms with Gasteiger partial charge in [-0.3, -0.25) is 14.9 Å². The minimum atomic E-state index is -1.22. The van der Waals surface area contributed by atoms with Crippen LogP contribution in [-0.2, 0) is 9.59 Å². The number of nitrogens with one attached hydrogen (secondary N) is 2. The number of amides is 4. The number of benzene rings is 2. The molecule has 0 spiro atoms. The minimum absolute atomic E-state index is 0.301. The van der Waals surface area contributed by atoms with E-state index < -0.39 is 29.6 Å². The predicted molar refractivity (Wildman–Crippen MR) is 99.5 cm³/mol. The molecule has 0 unspecified atom stereocenters. The quantitative estimate of drug-likeness (QED) is 0.813. The number of imide groups is 2. The van der Waals surface area contributed by atoms with Crippen LogP contribution in [0.4, 0.5) is 20.6 Å². The van der Waals surface area contributed by atoms with Crippen LogP contribution < -0.4 is 15.5 Å². The van der Waals surface area contributed by atoms with Gasteiger partial charge in [0.25, 0.3) is 5.91 Å². The molecule has 1 aliphatic rings. The molecule has 2 N–H and O–H groups in total. The summed E-state index contributed by atoms with van der Waals surface area (Å²) in [6.07, 6.45) is 1.58. The molecule has 0 saturated carbocycles. The Morgan fingerprint density at radius 1 is 1.11 bits per heavy atom. The summed E-state index contributed by atoms with van der Waals surface area (Å²) in [6, 6.07) is 11.7. The van der Waals surface area contributed by atoms with Crippen LogP contribution in [0.3, 0.4) is 0 Å². The van der Waals surface area contributed by atoms with Gasteiger partial charge in [0, 0.05) is 11.4 Å². The fourth-order valence-electron chi connectivity index (χ4n) is 2.90. The summed E-state index contributed by atoms with van der Waals surface area (Å²) in [5.41, 5.74) is 1.96. The molecular formula is C20H18FN3O3. The van der Waals surface area contributed by atoms with E-state index in [1.807, 2.05) is 0 Å². The van der Waals surface area contributed by atoms with Gasteiger partial charge in [-0.15, -0.1) is 0 Å². The topological polar surface area (TPSA) is 78.5 Å². The number of carbonyl (C=O) groups excluding carboxylic acids is 3. The zero-order valence-corrected chi connectivity index (χ0v) is 14.8. The molecule has 4 amide bonds. The average molecular weight is 367 g/mol. The van der Waals surface area contributed by atoms with E-state index >= 15 is 0 Å². The van der Waals surface area contributed by atoms with Crippen LogP contribution in [0, 0.1) is 18.7 Å². The summed E-state index contributed by atoms with van der Waals surface area (Å²) in [6.45, 7) is 3.44. The number of aryl methyl sites for hydroxylation is 1. The Kier molecular flexibility index (Phi) is 5.03. The fraction of sp³-hybridized carbons (Fsp3) is 0.150. The lowest BCUT2D eigenvalue weighted by atomic mass is 9.98. The zero-order chi connectivity index (χ0) is 19.6. The van der Waals surface area contributed by atoms with Crippen LogP contribution in [-0.4, -0.2) is 17.8 Å². The van der Waals surface area contributed by atoms with Crippen molar-refractivity contribution in [3.8, 4) is 0 Å². The number of urea groups is 1. The number of hydrogen-bond acceptors (Lipinski definition) is 4. The van der Waals surface area contributed by atoms with Crippen molar-refractivity contribution < 1.29 is 18.8 Å². The van der Waals surface area contributed by atoms with Gasteiger partial charge < -0.3 is 5.32 Å². The smallest absolute Gasteiger partial charge is 0.335 e. The van der Waals surface area contributed by atoms with E-state index in [0.717, 1.165) is 10.5 Å². The van der Waals surface area contributed by atoms with Gasteiger partial charge in [-0.25, -0.2) is 14.1 Å². The Hall–Kier alpha value is -3.48. The van der Waals surface area contributed by atoms with Gasteiger partial charge in [-0.1, -0.05) is 24.3 Å². The maximum Gasteiger partial charge on any atom is 0.335 e. The molecule has 138 valence electrons. The van der Waals surface area contributed by atoms with Crippen LogP contribution >= 0.6 is 0 Å². The van der Waals surface area contributed by atoms with E-state index in [1.165, 1.54) is 24.3 Å². The van der Waals surface area contributed by atoms with Crippen molar-refractivity contribution in [2.75, 3.05) is 10.2 Å². The third kappa shape index (κ3) is 3.57. The molecule has 1 fully saturated rings. The van der Waals surface area contributed by atoms with Crippen molar-refractivity contribution in [2.45, 2.75) is 13.8 Å². The molecule has 0 radical (unpaired) electrons. The Labute approximate surface area is 155 Å². The van der Waals surface area contributed by atoms with Gasteiger partial charge in [-0.2, -0.15) is 0 Å². The van der Waals surface area contributed by atoms with E-state index in [4.69, 9.17) is 0 Å². The number of nitrogens with zero attached hydrogens (tertiary/aromatic N) is 1. The highest BCUT2D eigenvalue weighted by Gasteiger charge is 2.43. The summed E-state index contributed by atoms with van der Waals surface area (Å²) >= 11 is 0. The summed E-state index contributed by atoms with van der Waals surface area (Å²) in [5.74, 6) is -2.99. The van der Waals surface area contributed by atoms with Crippen LogP contribution in [0.2, 0.25) is 0 Å². The first-order chi connectivity index (χ1) is 12.9. The van der Waals surface area contributed by atoms with Crippen molar-refractivity contribution in [3.63, 3.8) is 0 Å². The summed E-state index contributed by atoms with van der Waals surface area (Å²) < 4.78 is 13.1. The fourth-order valence-corrected chi connectivity index (χ4v) is 2.90. The molecule has 0 aromatic heterocycles. The molecule has 1 heterocycles. The lowest BCUT2D eigenvalue weighted by Gasteiger charge is -2.32. The standard InChI is InChI=1S/C20H18FN3O3/c1-3-15(22-14-10-8-13(21)9-11-14)17-18(25)23-20(27)24(19(17)26)16-7-5-4-6-12(16)2/h3-11,17,22H,1-2H3,(H,23,25,27)/b15-3+/t17-/m1/s1. The number of anilines is 2. The highest BCUT2D eigenvalue weighted by atomic mass is 19.1. The van der Waals surface area contributed by atoms with Crippen molar-refractivity contribution in [2.24, 2.45) is 5.92 Å². The third-order valence-corrected chi connectivity index (χ3v) is 4.27. The van der Waals surface area contributed by atoms with Crippen molar-refractivity contribution in [3.05, 3.63) is 71.7 Å². The molecule has 1 saturated heterocycles. The molecule has 6 nitrogen and oxygen atoms in total. The van der Waals surface area contributed by atoms with Crippen molar-refractivity contribution >= 4 is 29.2 Å². The van der Waals surface area contributed by atoms with Gasteiger partial charge in [0.1, 0.15) is 5.82 Å². The molecule has 0 aliphatic carbocycles. The second-order valence-electron chi connectivity index (χ2n) is 6.06. The first-order valence-corrected chi connectivity index (χ1v) is 8.35. The van der Waals surface area contributed by atoms with Gasteiger partial charge in [0.05, 0.1) is 5.69 Å². The van der Waals surface area contributed by atoms with E-state index in [2.05, 4.69) is 10.6 Å². The molecule has 2 aromatic rings. The highest BCUT2D eigenvalue weighted by Crippen LogP contribution is 2.27. The number of barbiturate groups is 1. The Morgan fingerprint density at radius 2 is 1.78 bits per heavy atom. The van der Waals surface area contributed by atoms with E-state index in [9.17, 15) is 18.8 Å². The summed E-state index contributed by atoms with van der Waals surface area (Å²) in [5, 5.41) is 5.19. The van der Waals surface area contributed by atoms with Crippen molar-refractivity contribution in [1.29, 1.82) is 0 Å². The molecule has 3 rings (SSSR count). The van der Waals surface area contributed by atoms with E-state index in [-0.39, 0.29) is 0 Å². The molecule has 27 heavy (non-hydrogen) atoms. The number of para-hydroxylation sites is 1. The van der Waals surface area contributed by atoms with Crippen molar-refractivity contribution in [1.82, 2.24) is 5.32 Å². The van der Waals surface area contributed by atoms with Gasteiger partial charge in [0.15, 0.2) is 5.92 Å². The second-order valence-corrected chi connectivity index (χ2v) is 6.06. The molecule has 0 bridgehead atoms. The number of hydrogen-bond donors (Lipinski definition) is 2. The molecule has 1 atom stereocenters. The van der Waals surface area contributed by atoms with Crippen LogP contribution in [0.5, 0.6) is 0 Å². The largest absolute Gasteiger partial charge is 0.358 e. The number of halogens is 1. The lowest BCUT2D eigenvalue weighted by Crippen LogP contribution is -2.59. The SMILES string of the molecule is C/C=C(/Nc1ccc(F)cc1)[C@@H]1C(=O)NC(=O)N(c2ccccc2C)C1=O. The minimum Gasteiger partial charge on any atom is -0.358 e. The first kappa shape index (κ1) is 18.3. The van der Waals surface area contributed by atoms with Crippen LogP contribution in [0.15, 0.2) is 60.3 Å². The normalized spacial score (nSPS) is 17.7. The predicted octanol–water partition coefficient (Wildman–Crippen LogP) is 3.35. The summed E-state index contributed by atoms with van der Waals surface area (Å²) in [7, 11) is 0. The Balaban J connectivity index is 1.94. The lowest BCUT2D eigenvalue weighted by molar-refractivity contribution is -0.132. The average Bonchev–Trinajstić information content (AvgIpc) is 2.63. The number of carbonyl (C=O) groups is 3. The first-order valence-electron chi connectivity index (χ1n) is 8.35. The molecule has 2 aromatic carbocycles. The Morgan fingerprint density at radius 3 is 2.41 bits per heavy atom. The second kappa shape index (κ2) is 7.41. The van der Waals surface area contributed by atoms with E-state index in [1.54, 1.807) is 44.2 Å². The van der Waals surface area contributed by atoms with Crippen LogP contribution in [0.1, 0.15) is 12.5 Å². The molecular weight excluding hydrogens is 349 g/mol. The van der Waals surface area contributed by atoms with Gasteiger partial charge >= 0.3 is 6.03 Å². The van der Waals surface area contributed by atoms with E-state index in [0.29, 0.717) is 17.1 Å². The summed E-state index contributed by atoms with van der Waals surface area (Å²) in [4.78, 5) is 38.7. The maximum absolute atomic E-state index is 13.1. The molecule has 7 heteroatoms. The Bertz CT molecular complexity index is 938. The maximum atomic E-state index is 13.1.